The van der Waals surface area contributed by atoms with Gasteiger partial charge in [0, 0.05) is 83.2 Å². The van der Waals surface area contributed by atoms with Gasteiger partial charge in [0.2, 0.25) is 0 Å². The van der Waals surface area contributed by atoms with Crippen molar-refractivity contribution >= 4 is 66.4 Å². The number of pyridine rings is 1. The molecule has 0 bridgehead atoms. The second kappa shape index (κ2) is 16.8. The Kier molecular flexibility index (Phi) is 10.8. The molecule has 0 fully saturated rings. The third kappa shape index (κ3) is 7.51. The van der Waals surface area contributed by atoms with E-state index in [1.807, 2.05) is 18.3 Å². The summed E-state index contributed by atoms with van der Waals surface area (Å²) >= 11 is 0. The van der Waals surface area contributed by atoms with Gasteiger partial charge in [-0.25, -0.2) is 4.98 Å². The van der Waals surface area contributed by atoms with Gasteiger partial charge in [-0.05, 0) is 104 Å². The van der Waals surface area contributed by atoms with Gasteiger partial charge in [-0.3, -0.25) is 0 Å². The number of ether oxygens (including phenoxy) is 1. The van der Waals surface area contributed by atoms with Crippen molar-refractivity contribution in [3.05, 3.63) is 205 Å². The van der Waals surface area contributed by atoms with Gasteiger partial charge >= 0.3 is 0 Å². The SMILES string of the molecule is CC(C)(C)c1cc(N2[CH-]N(c3[c-]c(Oc4[c-]c5c(cc4)c4c6c(ccc4n5-c4cc(C(C)(C)C)ccn4)-n4c5ccccc5c5cccc(c54)-c4ccccc4-6)ccc3)c3ccccc32)cc(C(C)(C)C)c1.[Pt]. The third-order valence-corrected chi connectivity index (χ3v) is 14.8. The maximum absolute atomic E-state index is 6.86. The van der Waals surface area contributed by atoms with Crippen molar-refractivity contribution in [1.82, 2.24) is 14.1 Å². The molecular weight excluding hydrogens is 1070 g/mol. The Morgan fingerprint density at radius 3 is 1.88 bits per heavy atom. The number of hydrogen-bond acceptors (Lipinski definition) is 4. The van der Waals surface area contributed by atoms with Gasteiger partial charge in [-0.2, -0.15) is 12.1 Å². The van der Waals surface area contributed by atoms with Crippen molar-refractivity contribution < 1.29 is 25.8 Å². The molecule has 364 valence electrons. The van der Waals surface area contributed by atoms with Crippen LogP contribution in [-0.2, 0) is 37.3 Å². The Labute approximate surface area is 442 Å². The number of fused-ring (bicyclic) bond motifs is 13. The number of aromatic nitrogens is 3. The molecule has 0 saturated heterocycles. The molecule has 11 aromatic rings. The van der Waals surface area contributed by atoms with E-state index in [1.54, 1.807) is 0 Å². The minimum atomic E-state index is -0.0892. The van der Waals surface area contributed by atoms with E-state index in [4.69, 9.17) is 9.72 Å². The second-order valence-electron chi connectivity index (χ2n) is 22.6. The van der Waals surface area contributed by atoms with Crippen LogP contribution in [0.5, 0.6) is 11.5 Å². The van der Waals surface area contributed by atoms with Gasteiger partial charge < -0.3 is 23.7 Å². The van der Waals surface area contributed by atoms with Crippen LogP contribution in [-0.4, -0.2) is 14.1 Å². The van der Waals surface area contributed by atoms with Gasteiger partial charge in [-0.15, -0.1) is 48.1 Å². The number of anilines is 4. The van der Waals surface area contributed by atoms with Crippen molar-refractivity contribution in [3.63, 3.8) is 0 Å². The fraction of sp³-hybridized carbons (Fsp3) is 0.182. The Morgan fingerprint density at radius 2 is 1.12 bits per heavy atom. The first-order valence-corrected chi connectivity index (χ1v) is 25.1. The van der Waals surface area contributed by atoms with Crippen molar-refractivity contribution in [2.45, 2.75) is 78.6 Å². The number of para-hydroxylation sites is 4. The number of rotatable bonds is 5. The third-order valence-electron chi connectivity index (χ3n) is 14.8. The zero-order valence-electron chi connectivity index (χ0n) is 42.7. The summed E-state index contributed by atoms with van der Waals surface area (Å²) in [5.41, 5.74) is 18.2. The van der Waals surface area contributed by atoms with Crippen LogP contribution >= 0.6 is 0 Å². The van der Waals surface area contributed by atoms with E-state index in [0.29, 0.717) is 11.5 Å². The second-order valence-corrected chi connectivity index (χ2v) is 22.6. The first-order valence-electron chi connectivity index (χ1n) is 25.1. The van der Waals surface area contributed by atoms with Crippen LogP contribution in [0.4, 0.5) is 22.7 Å². The molecule has 0 spiro atoms. The van der Waals surface area contributed by atoms with E-state index in [1.165, 1.54) is 60.8 Å². The first kappa shape index (κ1) is 46.7. The van der Waals surface area contributed by atoms with Crippen LogP contribution < -0.4 is 14.5 Å². The molecule has 0 radical (unpaired) electrons. The fourth-order valence-corrected chi connectivity index (χ4v) is 11.1. The predicted octanol–water partition coefficient (Wildman–Crippen LogP) is 17.6. The smallest absolute Gasteiger partial charge is 0.135 e. The van der Waals surface area contributed by atoms with E-state index >= 15 is 0 Å². The zero-order chi connectivity index (χ0) is 49.4. The normalized spacial score (nSPS) is 13.3. The van der Waals surface area contributed by atoms with Crippen molar-refractivity contribution in [3.8, 4) is 45.3 Å². The Bertz CT molecular complexity index is 3990. The number of hydrogen-bond donors (Lipinski definition) is 0. The minimum Gasteiger partial charge on any atom is -0.509 e. The molecule has 0 N–H and O–H groups in total. The molecule has 0 unspecified atom stereocenters. The summed E-state index contributed by atoms with van der Waals surface area (Å²) in [5.74, 6) is 2.01. The van der Waals surface area contributed by atoms with E-state index in [9.17, 15) is 0 Å². The Morgan fingerprint density at radius 1 is 0.479 bits per heavy atom. The van der Waals surface area contributed by atoms with Crippen molar-refractivity contribution in [2.75, 3.05) is 9.80 Å². The van der Waals surface area contributed by atoms with Crippen molar-refractivity contribution in [1.29, 1.82) is 0 Å². The minimum absolute atomic E-state index is 0. The van der Waals surface area contributed by atoms with Crippen LogP contribution in [0.25, 0.3) is 77.4 Å². The first-order chi connectivity index (χ1) is 34.6. The molecule has 6 nitrogen and oxygen atoms in total. The zero-order valence-corrected chi connectivity index (χ0v) is 45.0. The molecule has 0 atom stereocenters. The van der Waals surface area contributed by atoms with Gasteiger partial charge in [0.05, 0.1) is 16.7 Å². The van der Waals surface area contributed by atoms with Crippen LogP contribution in [0.3, 0.4) is 0 Å². The van der Waals surface area contributed by atoms with Gasteiger partial charge in [-0.1, -0.05) is 147 Å². The molecule has 0 aliphatic carbocycles. The maximum atomic E-state index is 6.86. The quantitative estimate of drug-likeness (QED) is 0.161. The van der Waals surface area contributed by atoms with Crippen molar-refractivity contribution in [2.24, 2.45) is 0 Å². The van der Waals surface area contributed by atoms with E-state index in [0.717, 1.165) is 56.1 Å². The van der Waals surface area contributed by atoms with Crippen LogP contribution in [0.15, 0.2) is 170 Å². The van der Waals surface area contributed by atoms with E-state index in [2.05, 4.69) is 252 Å². The molecule has 0 saturated carbocycles. The fourth-order valence-electron chi connectivity index (χ4n) is 11.1. The average Bonchev–Trinajstić information content (AvgIpc) is 4.01. The average molecular weight is 1130 g/mol. The molecular formula is C66H56N5OPt-3. The molecule has 2 aliphatic heterocycles. The monoisotopic (exact) mass is 1130 g/mol. The molecule has 5 heterocycles. The molecule has 7 heteroatoms. The maximum Gasteiger partial charge on any atom is 0.135 e. The van der Waals surface area contributed by atoms with Crippen LogP contribution in [0.2, 0.25) is 0 Å². The van der Waals surface area contributed by atoms with Gasteiger partial charge in [0.15, 0.2) is 0 Å². The summed E-state index contributed by atoms with van der Waals surface area (Å²) in [7, 11) is 0. The topological polar surface area (TPSA) is 38.5 Å². The summed E-state index contributed by atoms with van der Waals surface area (Å²) in [6.45, 7) is 22.7. The van der Waals surface area contributed by atoms with Crippen LogP contribution in [0, 0.1) is 18.8 Å². The summed E-state index contributed by atoms with van der Waals surface area (Å²) in [6, 6.07) is 66.9. The van der Waals surface area contributed by atoms with Gasteiger partial charge in [0.25, 0.3) is 0 Å². The molecule has 3 aromatic heterocycles. The molecule has 73 heavy (non-hydrogen) atoms. The summed E-state index contributed by atoms with van der Waals surface area (Å²) in [5, 5.41) is 4.70. The summed E-state index contributed by atoms with van der Waals surface area (Å²) in [4.78, 5) is 9.62. The van der Waals surface area contributed by atoms with Crippen LogP contribution in [0.1, 0.15) is 79.0 Å². The Balaban J connectivity index is 0.00000543. The predicted molar refractivity (Wildman–Crippen MR) is 299 cm³/mol. The largest absolute Gasteiger partial charge is 0.509 e. The molecule has 0 amide bonds. The standard InChI is InChI=1S/C66H56N5O.Pt/c1-64(2,3)41-32-33-67-60(37-41)70-57-30-31-58-61(50-22-11-10-20-48(50)51-23-17-24-52-49-21-12-13-25-54(49)71(58)63(51)52)62(57)53-29-28-47(39-59(53)70)72-46-19-16-18-44(38-46)68-40-69(56-27-15-14-26-55(56)68)45-35-42(65(4,5)6)34-43(36-45)66(7,8)9;/h10-37,40H,1-9H3;/q-3;. The summed E-state index contributed by atoms with van der Waals surface area (Å²) < 4.78 is 11.6. The molecule has 13 rings (SSSR count). The summed E-state index contributed by atoms with van der Waals surface area (Å²) in [6.07, 6.45) is 1.94. The Hall–Kier alpha value is -7.40. The van der Waals surface area contributed by atoms with E-state index < -0.39 is 0 Å². The van der Waals surface area contributed by atoms with Gasteiger partial charge in [0.1, 0.15) is 5.82 Å². The number of benzene rings is 8. The molecule has 8 aromatic carbocycles. The van der Waals surface area contributed by atoms with E-state index in [-0.39, 0.29) is 37.3 Å². The molecule has 2 aliphatic rings. The number of nitrogens with zero attached hydrogens (tertiary/aromatic N) is 5.